The molecular weight excluding hydrogens is 707 g/mol. The van der Waals surface area contributed by atoms with E-state index in [1.165, 1.54) is 0 Å². The van der Waals surface area contributed by atoms with Gasteiger partial charge in [0.1, 0.15) is 6.17 Å². The van der Waals surface area contributed by atoms with Crippen LogP contribution < -0.4 is 5.32 Å². The number of nitrogens with zero attached hydrogens (tertiary/aromatic N) is 4. The van der Waals surface area contributed by atoms with Crippen molar-refractivity contribution in [1.82, 2.24) is 20.3 Å². The molecule has 9 aromatic rings. The predicted molar refractivity (Wildman–Crippen MR) is 238 cm³/mol. The molecule has 10 rings (SSSR count). The highest BCUT2D eigenvalue weighted by atomic mass is 15.1. The van der Waals surface area contributed by atoms with Crippen LogP contribution in [0.3, 0.4) is 0 Å². The van der Waals surface area contributed by atoms with Gasteiger partial charge < -0.3 is 5.32 Å². The van der Waals surface area contributed by atoms with Crippen LogP contribution >= 0.6 is 0 Å². The van der Waals surface area contributed by atoms with Crippen LogP contribution in [0.1, 0.15) is 22.9 Å². The van der Waals surface area contributed by atoms with Gasteiger partial charge in [0.05, 0.1) is 5.71 Å². The van der Waals surface area contributed by atoms with Crippen molar-refractivity contribution in [3.63, 3.8) is 0 Å². The number of rotatable bonds is 8. The van der Waals surface area contributed by atoms with Crippen molar-refractivity contribution in [3.05, 3.63) is 229 Å². The molecule has 0 fully saturated rings. The summed E-state index contributed by atoms with van der Waals surface area (Å²) in [6.45, 7) is 0. The molecule has 0 saturated heterocycles. The summed E-state index contributed by atoms with van der Waals surface area (Å²) in [5, 5.41) is 6.05. The lowest BCUT2D eigenvalue weighted by atomic mass is 9.89. The minimum Gasteiger partial charge on any atom is -0.359 e. The maximum Gasteiger partial charge on any atom is 0.164 e. The Morgan fingerprint density at radius 1 is 0.379 bits per heavy atom. The fourth-order valence-corrected chi connectivity index (χ4v) is 7.76. The first-order valence-electron chi connectivity index (χ1n) is 19.5. The van der Waals surface area contributed by atoms with Gasteiger partial charge in [-0.05, 0) is 56.8 Å². The van der Waals surface area contributed by atoms with Crippen LogP contribution in [0.15, 0.2) is 217 Å². The standard InChI is InChI=1S/C53H37N5/c1-5-19-37(20-6-1)47-35-48(55-50(54-47)38-21-7-2-8-22-38)45-31-16-15-29-43(45)41-27-17-28-42(34-41)49-44-30-14-13-18-36(44)32-33-46(49)53-57-51(39-23-9-3-10-24-39)56-52(58-53)40-25-11-4-12-26-40/h1-35,50,55H. The lowest BCUT2D eigenvalue weighted by Crippen LogP contribution is -2.25. The molecule has 0 amide bonds. The van der Waals surface area contributed by atoms with Gasteiger partial charge >= 0.3 is 0 Å². The van der Waals surface area contributed by atoms with E-state index < -0.39 is 0 Å². The number of benzene rings is 8. The van der Waals surface area contributed by atoms with Crippen molar-refractivity contribution < 1.29 is 0 Å². The van der Waals surface area contributed by atoms with E-state index in [0.29, 0.717) is 17.5 Å². The van der Waals surface area contributed by atoms with Gasteiger partial charge in [-0.1, -0.05) is 194 Å². The summed E-state index contributed by atoms with van der Waals surface area (Å²) in [5.74, 6) is 1.88. The average molecular weight is 744 g/mol. The Hall–Kier alpha value is -7.76. The minimum atomic E-state index is -0.240. The molecule has 1 atom stereocenters. The largest absolute Gasteiger partial charge is 0.359 e. The first-order valence-corrected chi connectivity index (χ1v) is 19.5. The third-order valence-electron chi connectivity index (χ3n) is 10.6. The van der Waals surface area contributed by atoms with Crippen molar-refractivity contribution in [2.45, 2.75) is 6.17 Å². The molecule has 8 aromatic carbocycles. The summed E-state index contributed by atoms with van der Waals surface area (Å²) < 4.78 is 0. The fraction of sp³-hybridized carbons (Fsp3) is 0.0189. The van der Waals surface area contributed by atoms with Gasteiger partial charge in [0, 0.05) is 33.5 Å². The molecular formula is C53H37N5. The van der Waals surface area contributed by atoms with Gasteiger partial charge in [-0.25, -0.2) is 15.0 Å². The quantitative estimate of drug-likeness (QED) is 0.168. The zero-order valence-electron chi connectivity index (χ0n) is 31.6. The molecule has 0 bridgehead atoms. The highest BCUT2D eigenvalue weighted by Crippen LogP contribution is 2.40. The van der Waals surface area contributed by atoms with Crippen molar-refractivity contribution in [2.24, 2.45) is 4.99 Å². The topological polar surface area (TPSA) is 63.1 Å². The van der Waals surface area contributed by atoms with Crippen LogP contribution in [0, 0.1) is 0 Å². The second-order valence-electron chi connectivity index (χ2n) is 14.3. The van der Waals surface area contributed by atoms with Gasteiger partial charge in [0.2, 0.25) is 0 Å². The average Bonchev–Trinajstić information content (AvgIpc) is 3.32. The number of fused-ring (bicyclic) bond motifs is 1. The Kier molecular flexibility index (Phi) is 9.22. The normalized spacial score (nSPS) is 13.7. The summed E-state index contributed by atoms with van der Waals surface area (Å²) in [7, 11) is 0. The SMILES string of the molecule is C1=C(c2ccccc2-c2cccc(-c3c(-c4nc(-c5ccccc5)nc(-c5ccccc5)n4)ccc4ccccc34)c2)NC(c2ccccc2)N=C1c1ccccc1. The number of hydrogen-bond donors (Lipinski definition) is 1. The van der Waals surface area contributed by atoms with Crippen molar-refractivity contribution in [3.8, 4) is 56.4 Å². The molecule has 0 radical (unpaired) electrons. The smallest absolute Gasteiger partial charge is 0.164 e. The molecule has 1 aromatic heterocycles. The molecule has 1 aliphatic heterocycles. The molecule has 5 heteroatoms. The van der Waals surface area contributed by atoms with E-state index in [2.05, 4.69) is 145 Å². The number of nitrogens with one attached hydrogen (secondary N) is 1. The van der Waals surface area contributed by atoms with Crippen LogP contribution in [0.25, 0.3) is 72.9 Å². The Morgan fingerprint density at radius 2 is 0.914 bits per heavy atom. The van der Waals surface area contributed by atoms with E-state index in [4.69, 9.17) is 19.9 Å². The lowest BCUT2D eigenvalue weighted by molar-refractivity contribution is 0.664. The van der Waals surface area contributed by atoms with Crippen LogP contribution in [0.5, 0.6) is 0 Å². The van der Waals surface area contributed by atoms with E-state index in [1.807, 2.05) is 72.8 Å². The second kappa shape index (κ2) is 15.4. The van der Waals surface area contributed by atoms with Crippen molar-refractivity contribution >= 4 is 22.2 Å². The summed E-state index contributed by atoms with van der Waals surface area (Å²) in [5.41, 5.74) is 12.4. The molecule has 274 valence electrons. The first-order chi connectivity index (χ1) is 28.7. The minimum absolute atomic E-state index is 0.240. The van der Waals surface area contributed by atoms with Crippen LogP contribution in [0.2, 0.25) is 0 Å². The number of aliphatic imine (C=N–C) groups is 1. The monoisotopic (exact) mass is 743 g/mol. The zero-order valence-corrected chi connectivity index (χ0v) is 31.6. The molecule has 1 aliphatic rings. The number of hydrogen-bond acceptors (Lipinski definition) is 5. The molecule has 0 spiro atoms. The molecule has 1 unspecified atom stereocenters. The van der Waals surface area contributed by atoms with Gasteiger partial charge in [-0.3, -0.25) is 4.99 Å². The van der Waals surface area contributed by atoms with E-state index in [-0.39, 0.29) is 6.17 Å². The van der Waals surface area contributed by atoms with Gasteiger partial charge in [0.25, 0.3) is 0 Å². The van der Waals surface area contributed by atoms with Gasteiger partial charge in [-0.15, -0.1) is 0 Å². The highest BCUT2D eigenvalue weighted by Gasteiger charge is 2.22. The van der Waals surface area contributed by atoms with E-state index in [1.54, 1.807) is 0 Å². The third kappa shape index (κ3) is 6.86. The Labute approximate surface area is 337 Å². The molecule has 0 aliphatic carbocycles. The lowest BCUT2D eigenvalue weighted by Gasteiger charge is -2.26. The summed E-state index contributed by atoms with van der Waals surface area (Å²) >= 11 is 0. The second-order valence-corrected chi connectivity index (χ2v) is 14.3. The molecule has 58 heavy (non-hydrogen) atoms. The molecule has 0 saturated carbocycles. The first kappa shape index (κ1) is 34.7. The number of aromatic nitrogens is 3. The van der Waals surface area contributed by atoms with E-state index >= 15 is 0 Å². The van der Waals surface area contributed by atoms with Crippen LogP contribution in [0.4, 0.5) is 0 Å². The summed E-state index contributed by atoms with van der Waals surface area (Å²) in [4.78, 5) is 20.5. The Balaban J connectivity index is 1.13. The van der Waals surface area contributed by atoms with Crippen molar-refractivity contribution in [1.29, 1.82) is 0 Å². The fourth-order valence-electron chi connectivity index (χ4n) is 7.76. The Bertz CT molecular complexity index is 2900. The number of allylic oxidation sites excluding steroid dienone is 1. The van der Waals surface area contributed by atoms with E-state index in [9.17, 15) is 0 Å². The Morgan fingerprint density at radius 3 is 1.60 bits per heavy atom. The molecule has 1 N–H and O–H groups in total. The van der Waals surface area contributed by atoms with Gasteiger partial charge in [-0.2, -0.15) is 0 Å². The van der Waals surface area contributed by atoms with E-state index in [0.717, 1.165) is 77.8 Å². The maximum atomic E-state index is 5.19. The molecule has 2 heterocycles. The zero-order chi connectivity index (χ0) is 38.7. The van der Waals surface area contributed by atoms with Crippen LogP contribution in [-0.2, 0) is 0 Å². The van der Waals surface area contributed by atoms with Gasteiger partial charge in [0.15, 0.2) is 17.5 Å². The highest BCUT2D eigenvalue weighted by molar-refractivity contribution is 6.13. The molecule has 5 nitrogen and oxygen atoms in total. The maximum absolute atomic E-state index is 5.19. The summed E-state index contributed by atoms with van der Waals surface area (Å²) in [6, 6.07) is 71.4. The van der Waals surface area contributed by atoms with Crippen LogP contribution in [-0.4, -0.2) is 20.7 Å². The predicted octanol–water partition coefficient (Wildman–Crippen LogP) is 12.5. The third-order valence-corrected chi connectivity index (χ3v) is 10.6. The van der Waals surface area contributed by atoms with Crippen molar-refractivity contribution in [2.75, 3.05) is 0 Å². The summed E-state index contributed by atoms with van der Waals surface area (Å²) in [6.07, 6.45) is 1.94.